The fraction of sp³-hybridized carbons (Fsp3) is 0.613. The summed E-state index contributed by atoms with van der Waals surface area (Å²) in [7, 11) is 2.14. The molecule has 44 heavy (non-hydrogen) atoms. The molecule has 3 heterocycles. The number of esters is 4. The Hall–Kier alpha value is -3.29. The number of hydrogen-bond acceptors (Lipinski definition) is 13. The summed E-state index contributed by atoms with van der Waals surface area (Å²) < 4.78 is 35.2. The van der Waals surface area contributed by atoms with E-state index >= 15 is 0 Å². The van der Waals surface area contributed by atoms with Gasteiger partial charge in [0.05, 0.1) is 5.25 Å². The lowest BCUT2D eigenvalue weighted by molar-refractivity contribution is -0.237. The molecule has 6 rings (SSSR count). The van der Waals surface area contributed by atoms with Crippen LogP contribution < -0.4 is 4.74 Å². The molecule has 1 aromatic rings. The first-order valence-corrected chi connectivity index (χ1v) is 15.7. The first-order chi connectivity index (χ1) is 20.9. The van der Waals surface area contributed by atoms with Crippen LogP contribution in [0.1, 0.15) is 45.2 Å². The van der Waals surface area contributed by atoms with Crippen molar-refractivity contribution in [2.45, 2.75) is 93.2 Å². The van der Waals surface area contributed by atoms with E-state index in [9.17, 15) is 24.3 Å². The molecule has 1 spiro atoms. The molecule has 13 heteroatoms. The first-order valence-electron chi connectivity index (χ1n) is 14.8. The van der Waals surface area contributed by atoms with Crippen LogP contribution in [0.5, 0.6) is 11.5 Å². The number of likely N-dealkylation sites (tertiary alicyclic amines) is 1. The molecule has 2 aliphatic carbocycles. The van der Waals surface area contributed by atoms with E-state index in [0.717, 1.165) is 24.9 Å². The topological polar surface area (TPSA) is 147 Å². The summed E-state index contributed by atoms with van der Waals surface area (Å²) in [5.41, 5.74) is 0.904. The molecular formula is C31H37NO11S. The van der Waals surface area contributed by atoms with Crippen LogP contribution in [0.2, 0.25) is 0 Å². The van der Waals surface area contributed by atoms with Gasteiger partial charge >= 0.3 is 23.9 Å². The van der Waals surface area contributed by atoms with Crippen LogP contribution in [-0.4, -0.2) is 101 Å². The van der Waals surface area contributed by atoms with Gasteiger partial charge in [-0.15, -0.1) is 11.8 Å². The van der Waals surface area contributed by atoms with Gasteiger partial charge in [-0.25, -0.2) is 0 Å². The Morgan fingerprint density at radius 1 is 0.977 bits per heavy atom. The van der Waals surface area contributed by atoms with Crippen molar-refractivity contribution in [2.24, 2.45) is 5.92 Å². The van der Waals surface area contributed by atoms with Crippen LogP contribution in [0.4, 0.5) is 0 Å². The lowest BCUT2D eigenvalue weighted by atomic mass is 9.53. The van der Waals surface area contributed by atoms with Crippen molar-refractivity contribution >= 4 is 35.6 Å². The third-order valence-electron chi connectivity index (χ3n) is 9.37. The largest absolute Gasteiger partial charge is 0.504 e. The Bertz CT molecular complexity index is 1400. The summed E-state index contributed by atoms with van der Waals surface area (Å²) in [6.07, 6.45) is 0.918. The minimum Gasteiger partial charge on any atom is -0.504 e. The van der Waals surface area contributed by atoms with Crippen molar-refractivity contribution < 1.29 is 52.7 Å². The van der Waals surface area contributed by atoms with E-state index in [1.165, 1.54) is 45.0 Å². The fourth-order valence-electron chi connectivity index (χ4n) is 7.79. The molecule has 1 N–H and O–H groups in total. The van der Waals surface area contributed by atoms with Gasteiger partial charge in [-0.05, 0) is 38.1 Å². The van der Waals surface area contributed by atoms with Crippen LogP contribution in [0, 0.1) is 5.92 Å². The highest BCUT2D eigenvalue weighted by Gasteiger charge is 2.65. The molecule has 0 saturated carbocycles. The van der Waals surface area contributed by atoms with Crippen LogP contribution in [0.3, 0.4) is 0 Å². The van der Waals surface area contributed by atoms with Crippen molar-refractivity contribution in [1.82, 2.24) is 4.90 Å². The normalized spacial score (nSPS) is 36.4. The molecule has 0 amide bonds. The lowest BCUT2D eigenvalue weighted by Gasteiger charge is -2.57. The van der Waals surface area contributed by atoms with Gasteiger partial charge in [-0.3, -0.25) is 19.2 Å². The van der Waals surface area contributed by atoms with E-state index in [0.29, 0.717) is 5.75 Å². The van der Waals surface area contributed by atoms with Gasteiger partial charge in [0.2, 0.25) is 0 Å². The van der Waals surface area contributed by atoms with Crippen molar-refractivity contribution in [1.29, 1.82) is 0 Å². The number of rotatable bonds is 7. The maximum atomic E-state index is 12.4. The number of carbonyl (C=O) groups excluding carboxylic acids is 4. The molecule has 238 valence electrons. The Morgan fingerprint density at radius 3 is 2.34 bits per heavy atom. The summed E-state index contributed by atoms with van der Waals surface area (Å²) in [6.45, 7) is 5.42. The number of hydrogen-bond donors (Lipinski definition) is 1. The van der Waals surface area contributed by atoms with Gasteiger partial charge in [-0.1, -0.05) is 18.2 Å². The predicted molar refractivity (Wildman–Crippen MR) is 155 cm³/mol. The molecular weight excluding hydrogens is 594 g/mol. The van der Waals surface area contributed by atoms with Gasteiger partial charge < -0.3 is 38.4 Å². The number of phenolic OH excluding ortho intramolecular Hbond substituents is 1. The highest BCUT2D eigenvalue weighted by molar-refractivity contribution is 8.00. The number of carbonyl (C=O) groups is 4. The summed E-state index contributed by atoms with van der Waals surface area (Å²) in [5, 5.41) is 10.6. The van der Waals surface area contributed by atoms with Crippen LogP contribution in [-0.2, 0) is 54.7 Å². The van der Waals surface area contributed by atoms with E-state index in [-0.39, 0.29) is 41.1 Å². The molecule has 6 unspecified atom stereocenters. The number of benzene rings is 1. The van der Waals surface area contributed by atoms with Crippen molar-refractivity contribution in [2.75, 3.05) is 20.2 Å². The molecule has 2 fully saturated rings. The molecule has 2 saturated heterocycles. The van der Waals surface area contributed by atoms with E-state index in [1.807, 2.05) is 6.07 Å². The van der Waals surface area contributed by atoms with Gasteiger partial charge in [0.15, 0.2) is 29.8 Å². The fourth-order valence-corrected chi connectivity index (χ4v) is 9.29. The van der Waals surface area contributed by atoms with E-state index in [2.05, 4.69) is 24.1 Å². The maximum absolute atomic E-state index is 12.4. The number of phenols is 1. The zero-order valence-corrected chi connectivity index (χ0v) is 26.0. The van der Waals surface area contributed by atoms with Crippen molar-refractivity contribution in [3.05, 3.63) is 35.4 Å². The summed E-state index contributed by atoms with van der Waals surface area (Å²) in [6, 6.07) is 3.95. The highest BCUT2D eigenvalue weighted by Crippen LogP contribution is 2.63. The second-order valence-corrected chi connectivity index (χ2v) is 13.4. The third-order valence-corrected chi connectivity index (χ3v) is 10.7. The van der Waals surface area contributed by atoms with Crippen LogP contribution in [0.25, 0.3) is 0 Å². The highest BCUT2D eigenvalue weighted by atomic mass is 32.2. The van der Waals surface area contributed by atoms with Crippen LogP contribution >= 0.6 is 11.8 Å². The Balaban J connectivity index is 1.38. The minimum absolute atomic E-state index is 0.0969. The smallest absolute Gasteiger partial charge is 0.303 e. The standard InChI is InChI=1S/C31H37NO11S/c1-14(33)38-13-22-26(39-15(2)34)27(40-16(3)35)28(41-17(4)36)30(42-22)44-23-9-7-19-20-12-18-6-8-21(37)25-24(18)31(19,29(23)43-25)10-11-32(20)5/h6-9,19-20,22-23,26-30,37H,10-13H2,1-5H3/t19-,20+,22?,23?,26?,27?,28?,29-,30?,31-/m0/s1. The molecule has 0 aromatic heterocycles. The molecule has 5 aliphatic rings. The molecule has 1 aromatic carbocycles. The van der Waals surface area contributed by atoms with E-state index in [4.69, 9.17) is 28.4 Å². The zero-order valence-electron chi connectivity index (χ0n) is 25.2. The Morgan fingerprint density at radius 2 is 1.66 bits per heavy atom. The van der Waals surface area contributed by atoms with Crippen LogP contribution in [0.15, 0.2) is 24.3 Å². The molecule has 10 atom stereocenters. The number of nitrogens with zero attached hydrogens (tertiary/aromatic N) is 1. The monoisotopic (exact) mass is 631 g/mol. The number of likely N-dealkylation sites (N-methyl/N-ethyl adjacent to an activating group) is 1. The average molecular weight is 632 g/mol. The SMILES string of the molecule is CC(=O)OCC1OC(SC2C=C[C@H]3[C@H]4Cc5ccc(O)c6c5[C@@]3(CCN4C)[C@H]2O6)C(OC(C)=O)C(OC(C)=O)C1OC(C)=O. The molecule has 12 nitrogen and oxygen atoms in total. The van der Waals surface area contributed by atoms with Gasteiger partial charge in [-0.2, -0.15) is 0 Å². The summed E-state index contributed by atoms with van der Waals surface area (Å²) in [4.78, 5) is 50.9. The molecule has 0 radical (unpaired) electrons. The van der Waals surface area contributed by atoms with E-state index in [1.54, 1.807) is 6.07 Å². The molecule has 2 bridgehead atoms. The van der Waals surface area contributed by atoms with Gasteiger partial charge in [0.25, 0.3) is 0 Å². The maximum Gasteiger partial charge on any atom is 0.303 e. The summed E-state index contributed by atoms with van der Waals surface area (Å²) >= 11 is 1.33. The number of aromatic hydroxyl groups is 1. The first kappa shape index (κ1) is 30.7. The lowest BCUT2D eigenvalue weighted by Crippen LogP contribution is -2.65. The third kappa shape index (κ3) is 5.12. The average Bonchev–Trinajstić information content (AvgIpc) is 3.30. The Kier molecular flexibility index (Phi) is 8.08. The van der Waals surface area contributed by atoms with Gasteiger partial charge in [0, 0.05) is 50.6 Å². The second-order valence-electron chi connectivity index (χ2n) is 12.1. The number of thioether (sulfide) groups is 1. The quantitative estimate of drug-likeness (QED) is 0.266. The second kappa shape index (κ2) is 11.6. The molecule has 3 aliphatic heterocycles. The number of ether oxygens (including phenoxy) is 6. The van der Waals surface area contributed by atoms with E-state index < -0.39 is 53.7 Å². The zero-order chi connectivity index (χ0) is 31.5. The van der Waals surface area contributed by atoms with Crippen molar-refractivity contribution in [3.63, 3.8) is 0 Å². The summed E-state index contributed by atoms with van der Waals surface area (Å²) in [5.74, 6) is -1.82. The number of piperidine rings is 1. The van der Waals surface area contributed by atoms with Gasteiger partial charge in [0.1, 0.15) is 24.3 Å². The predicted octanol–water partition coefficient (Wildman–Crippen LogP) is 2.02. The van der Waals surface area contributed by atoms with Crippen molar-refractivity contribution in [3.8, 4) is 11.5 Å². The minimum atomic E-state index is -1.25. The Labute approximate surface area is 259 Å².